The van der Waals surface area contributed by atoms with Crippen molar-refractivity contribution in [2.24, 2.45) is 0 Å². The lowest BCUT2D eigenvalue weighted by Gasteiger charge is -2.22. The molecule has 1 heteroatoms. The Bertz CT molecular complexity index is 2600. The third-order valence-electron chi connectivity index (χ3n) is 9.59. The van der Waals surface area contributed by atoms with Crippen LogP contribution in [0.3, 0.4) is 0 Å². The molecule has 0 saturated carbocycles. The highest BCUT2D eigenvalue weighted by atomic mass is 32.2. The molecule has 9 aromatic rings. The molecule has 1 aliphatic rings. The fourth-order valence-corrected chi connectivity index (χ4v) is 8.69. The molecule has 45 heavy (non-hydrogen) atoms. The molecule has 0 unspecified atom stereocenters. The van der Waals surface area contributed by atoms with Crippen LogP contribution in [-0.2, 0) is 0 Å². The zero-order chi connectivity index (χ0) is 29.5. The second kappa shape index (κ2) is 9.56. The van der Waals surface area contributed by atoms with E-state index in [2.05, 4.69) is 158 Å². The summed E-state index contributed by atoms with van der Waals surface area (Å²) in [5.41, 5.74) is 10.1. The molecule has 208 valence electrons. The van der Waals surface area contributed by atoms with Crippen LogP contribution in [0.15, 0.2) is 168 Å². The van der Waals surface area contributed by atoms with Crippen LogP contribution in [0.1, 0.15) is 0 Å². The van der Waals surface area contributed by atoms with Crippen molar-refractivity contribution in [3.05, 3.63) is 158 Å². The predicted octanol–water partition coefficient (Wildman–Crippen LogP) is 12.9. The van der Waals surface area contributed by atoms with Gasteiger partial charge in [0.15, 0.2) is 0 Å². The van der Waals surface area contributed by atoms with E-state index in [9.17, 15) is 0 Å². The molecule has 0 spiro atoms. The second-order valence-electron chi connectivity index (χ2n) is 12.1. The molecule has 0 saturated heterocycles. The Labute approximate surface area is 265 Å². The predicted molar refractivity (Wildman–Crippen MR) is 194 cm³/mol. The Hall–Kier alpha value is -5.37. The number of benzene rings is 9. The van der Waals surface area contributed by atoms with Crippen LogP contribution in [-0.4, -0.2) is 0 Å². The van der Waals surface area contributed by atoms with E-state index in [0.29, 0.717) is 0 Å². The van der Waals surface area contributed by atoms with Crippen molar-refractivity contribution >= 4 is 54.9 Å². The number of hydrogen-bond donors (Lipinski definition) is 0. The van der Waals surface area contributed by atoms with Crippen LogP contribution < -0.4 is 0 Å². The van der Waals surface area contributed by atoms with E-state index >= 15 is 0 Å². The Balaban J connectivity index is 1.26. The van der Waals surface area contributed by atoms with Crippen LogP contribution in [0.4, 0.5) is 0 Å². The van der Waals surface area contributed by atoms with Gasteiger partial charge in [-0.3, -0.25) is 0 Å². The highest BCUT2D eigenvalue weighted by Crippen LogP contribution is 2.50. The van der Waals surface area contributed by atoms with Gasteiger partial charge in [0.2, 0.25) is 0 Å². The first-order chi connectivity index (χ1) is 22.3. The fraction of sp³-hybridized carbons (Fsp3) is 0. The van der Waals surface area contributed by atoms with Crippen molar-refractivity contribution < 1.29 is 0 Å². The lowest BCUT2D eigenvalue weighted by atomic mass is 9.86. The summed E-state index contributed by atoms with van der Waals surface area (Å²) in [5, 5.41) is 10.6. The highest BCUT2D eigenvalue weighted by Gasteiger charge is 2.21. The molecule has 0 atom stereocenters. The molecule has 0 amide bonds. The SMILES string of the molecule is c1ccc(-c2cc(-c3ccc4c5c(cccc35)Sc3ccccc3-4)cc(-c3ccc4ccc5cccc6ccc3c4c56)c2)cc1. The average molecular weight is 587 g/mol. The molecule has 0 N–H and O–H groups in total. The van der Waals surface area contributed by atoms with Crippen molar-refractivity contribution in [1.82, 2.24) is 0 Å². The first kappa shape index (κ1) is 25.0. The first-order valence-electron chi connectivity index (χ1n) is 15.5. The molecule has 0 aliphatic carbocycles. The Morgan fingerprint density at radius 3 is 1.69 bits per heavy atom. The minimum Gasteiger partial charge on any atom is -0.0888 e. The summed E-state index contributed by atoms with van der Waals surface area (Å²) in [4.78, 5) is 2.65. The van der Waals surface area contributed by atoms with Gasteiger partial charge in [-0.2, -0.15) is 0 Å². The lowest BCUT2D eigenvalue weighted by molar-refractivity contribution is 1.40. The molecule has 0 nitrogen and oxygen atoms in total. The van der Waals surface area contributed by atoms with Crippen LogP contribution in [0.2, 0.25) is 0 Å². The number of rotatable bonds is 3. The molecule has 0 fully saturated rings. The van der Waals surface area contributed by atoms with Gasteiger partial charge in [-0.15, -0.1) is 0 Å². The summed E-state index contributed by atoms with van der Waals surface area (Å²) >= 11 is 1.88. The Morgan fingerprint density at radius 2 is 0.867 bits per heavy atom. The second-order valence-corrected chi connectivity index (χ2v) is 13.2. The third-order valence-corrected chi connectivity index (χ3v) is 10.7. The van der Waals surface area contributed by atoms with Crippen molar-refractivity contribution in [3.8, 4) is 44.5 Å². The van der Waals surface area contributed by atoms with Crippen molar-refractivity contribution in [3.63, 3.8) is 0 Å². The molecule has 1 aliphatic heterocycles. The smallest absolute Gasteiger partial charge is 0.0207 e. The summed E-state index contributed by atoms with van der Waals surface area (Å²) in [6.45, 7) is 0. The maximum absolute atomic E-state index is 2.41. The fourth-order valence-electron chi connectivity index (χ4n) is 7.55. The third kappa shape index (κ3) is 3.75. The molecular formula is C44H26S. The Morgan fingerprint density at radius 1 is 0.289 bits per heavy atom. The van der Waals surface area contributed by atoms with Gasteiger partial charge >= 0.3 is 0 Å². The van der Waals surface area contributed by atoms with Crippen LogP contribution in [0.5, 0.6) is 0 Å². The van der Waals surface area contributed by atoms with Gasteiger partial charge in [-0.05, 0) is 113 Å². The van der Waals surface area contributed by atoms with Gasteiger partial charge in [0.25, 0.3) is 0 Å². The van der Waals surface area contributed by atoms with E-state index in [1.807, 2.05) is 11.8 Å². The van der Waals surface area contributed by atoms with E-state index in [-0.39, 0.29) is 0 Å². The van der Waals surface area contributed by atoms with E-state index < -0.39 is 0 Å². The molecule has 0 bridgehead atoms. The van der Waals surface area contributed by atoms with Gasteiger partial charge in [-0.1, -0.05) is 139 Å². The summed E-state index contributed by atoms with van der Waals surface area (Å²) < 4.78 is 0. The zero-order valence-corrected chi connectivity index (χ0v) is 25.2. The minimum absolute atomic E-state index is 1.23. The van der Waals surface area contributed by atoms with E-state index in [4.69, 9.17) is 0 Å². The maximum Gasteiger partial charge on any atom is 0.0207 e. The van der Waals surface area contributed by atoms with Crippen LogP contribution in [0, 0.1) is 0 Å². The van der Waals surface area contributed by atoms with Crippen molar-refractivity contribution in [2.45, 2.75) is 9.79 Å². The Kier molecular flexibility index (Phi) is 5.31. The van der Waals surface area contributed by atoms with Gasteiger partial charge in [0.05, 0.1) is 0 Å². The van der Waals surface area contributed by atoms with Gasteiger partial charge in [0, 0.05) is 15.2 Å². The molecule has 10 rings (SSSR count). The quantitative estimate of drug-likeness (QED) is 0.186. The monoisotopic (exact) mass is 586 g/mol. The molecule has 0 radical (unpaired) electrons. The normalized spacial score (nSPS) is 12.4. The minimum atomic E-state index is 1.23. The van der Waals surface area contributed by atoms with E-state index in [1.54, 1.807) is 0 Å². The standard InChI is InChI=1S/C44H26S/c1-2-8-27(9-3-1)31-24-32(34-20-18-30-17-16-28-10-6-11-29-19-21-38(34)43(30)42(28)29)26-33(25-31)35-22-23-39-36-12-4-5-14-40(36)45-41-15-7-13-37(35)44(39)41/h1-26H. The lowest BCUT2D eigenvalue weighted by Crippen LogP contribution is -1.94. The van der Waals surface area contributed by atoms with E-state index in [1.165, 1.54) is 97.4 Å². The van der Waals surface area contributed by atoms with E-state index in [0.717, 1.165) is 0 Å². The summed E-state index contributed by atoms with van der Waals surface area (Å²) in [7, 11) is 0. The van der Waals surface area contributed by atoms with Crippen molar-refractivity contribution in [1.29, 1.82) is 0 Å². The molecular weight excluding hydrogens is 561 g/mol. The zero-order valence-electron chi connectivity index (χ0n) is 24.4. The molecule has 0 aromatic heterocycles. The van der Waals surface area contributed by atoms with Gasteiger partial charge < -0.3 is 0 Å². The number of hydrogen-bond acceptors (Lipinski definition) is 1. The topological polar surface area (TPSA) is 0 Å². The maximum atomic E-state index is 2.41. The summed E-state index contributed by atoms with van der Waals surface area (Å²) in [6, 6.07) is 58.6. The first-order valence-corrected chi connectivity index (χ1v) is 16.3. The summed E-state index contributed by atoms with van der Waals surface area (Å²) in [5.74, 6) is 0. The van der Waals surface area contributed by atoms with Crippen LogP contribution >= 0.6 is 11.8 Å². The molecule has 1 heterocycles. The molecule has 9 aromatic carbocycles. The number of fused-ring (bicyclic) bond motifs is 2. The van der Waals surface area contributed by atoms with Gasteiger partial charge in [-0.25, -0.2) is 0 Å². The van der Waals surface area contributed by atoms with Crippen LogP contribution in [0.25, 0.3) is 87.6 Å². The largest absolute Gasteiger partial charge is 0.0888 e. The average Bonchev–Trinajstić information content (AvgIpc) is 3.11. The van der Waals surface area contributed by atoms with Gasteiger partial charge in [0.1, 0.15) is 0 Å². The highest BCUT2D eigenvalue weighted by molar-refractivity contribution is 7.99. The summed E-state index contributed by atoms with van der Waals surface area (Å²) in [6.07, 6.45) is 0. The van der Waals surface area contributed by atoms with Crippen molar-refractivity contribution in [2.75, 3.05) is 0 Å².